The maximum atomic E-state index is 11.0. The van der Waals surface area contributed by atoms with Crippen LogP contribution in [0.25, 0.3) is 6.08 Å². The van der Waals surface area contributed by atoms with E-state index < -0.39 is 16.9 Å². The Kier molecular flexibility index (Phi) is 4.76. The number of carbonyl (C=O) groups excluding carboxylic acids is 1. The Bertz CT molecular complexity index is 549. The van der Waals surface area contributed by atoms with Crippen LogP contribution in [0.4, 0.5) is 5.69 Å². The minimum absolute atomic E-state index is 0.0434. The quantitative estimate of drug-likeness (QED) is 0.494. The fourth-order valence-electron chi connectivity index (χ4n) is 1.36. The Morgan fingerprint density at radius 1 is 1.47 bits per heavy atom. The number of methoxy groups -OCH3 is 1. The Morgan fingerprint density at radius 2 is 2.16 bits per heavy atom. The highest BCUT2D eigenvalue weighted by atomic mass is 16.6. The standard InChI is InChI=1S/C12H11NO6/c1-19-11(14)4-2-3-8-7-9(13(17)18)5-6-10(8)12(15)16/h2-3,5-7H,4H2,1H3,(H,15,16). The second-order valence-electron chi connectivity index (χ2n) is 3.52. The number of carbonyl (C=O) groups is 2. The Labute approximate surface area is 108 Å². The van der Waals surface area contributed by atoms with Crippen LogP contribution in [0, 0.1) is 10.1 Å². The minimum Gasteiger partial charge on any atom is -0.478 e. The molecule has 7 heteroatoms. The number of ether oxygens (including phenoxy) is 1. The molecule has 0 aliphatic heterocycles. The van der Waals surface area contributed by atoms with Gasteiger partial charge in [-0.2, -0.15) is 0 Å². The van der Waals surface area contributed by atoms with Crippen molar-refractivity contribution in [3.63, 3.8) is 0 Å². The fraction of sp³-hybridized carbons (Fsp3) is 0.167. The van der Waals surface area contributed by atoms with Crippen molar-refractivity contribution in [3.05, 3.63) is 45.5 Å². The number of nitrogens with zero attached hydrogens (tertiary/aromatic N) is 1. The van der Waals surface area contributed by atoms with Gasteiger partial charge in [0.2, 0.25) is 0 Å². The molecule has 0 saturated heterocycles. The summed E-state index contributed by atoms with van der Waals surface area (Å²) in [7, 11) is 1.23. The highest BCUT2D eigenvalue weighted by molar-refractivity contribution is 5.92. The van der Waals surface area contributed by atoms with E-state index in [1.165, 1.54) is 19.3 Å². The van der Waals surface area contributed by atoms with Gasteiger partial charge in [0.25, 0.3) is 5.69 Å². The van der Waals surface area contributed by atoms with Crippen LogP contribution in [0.3, 0.4) is 0 Å². The summed E-state index contributed by atoms with van der Waals surface area (Å²) in [6, 6.07) is 3.40. The average Bonchev–Trinajstić information content (AvgIpc) is 2.37. The van der Waals surface area contributed by atoms with Crippen LogP contribution in [-0.4, -0.2) is 29.1 Å². The molecule has 0 radical (unpaired) electrons. The molecule has 7 nitrogen and oxygen atoms in total. The van der Waals surface area contributed by atoms with Gasteiger partial charge in [-0.25, -0.2) is 4.79 Å². The van der Waals surface area contributed by atoms with Crippen molar-refractivity contribution in [1.29, 1.82) is 0 Å². The highest BCUT2D eigenvalue weighted by Gasteiger charge is 2.13. The lowest BCUT2D eigenvalue weighted by Crippen LogP contribution is -2.01. The zero-order valence-corrected chi connectivity index (χ0v) is 10.0. The summed E-state index contributed by atoms with van der Waals surface area (Å²) in [6.07, 6.45) is 2.68. The van der Waals surface area contributed by atoms with Gasteiger partial charge < -0.3 is 9.84 Å². The number of hydrogen-bond acceptors (Lipinski definition) is 5. The predicted octanol–water partition coefficient (Wildman–Crippen LogP) is 1.87. The summed E-state index contributed by atoms with van der Waals surface area (Å²) in [5, 5.41) is 19.6. The minimum atomic E-state index is -1.20. The van der Waals surface area contributed by atoms with Gasteiger partial charge in [0.05, 0.1) is 24.0 Å². The number of rotatable bonds is 5. The molecule has 1 aromatic carbocycles. The molecule has 0 aliphatic carbocycles. The van der Waals surface area contributed by atoms with Gasteiger partial charge in [-0.05, 0) is 11.6 Å². The van der Waals surface area contributed by atoms with Gasteiger partial charge >= 0.3 is 11.9 Å². The number of hydrogen-bond donors (Lipinski definition) is 1. The van der Waals surface area contributed by atoms with E-state index in [9.17, 15) is 19.7 Å². The number of carboxylic acids is 1. The lowest BCUT2D eigenvalue weighted by molar-refractivity contribution is -0.384. The van der Waals surface area contributed by atoms with Gasteiger partial charge in [-0.15, -0.1) is 0 Å². The molecule has 0 atom stereocenters. The van der Waals surface area contributed by atoms with Crippen LogP contribution in [0.5, 0.6) is 0 Å². The number of carboxylic acid groups (broad SMARTS) is 1. The van der Waals surface area contributed by atoms with E-state index in [1.807, 2.05) is 0 Å². The highest BCUT2D eigenvalue weighted by Crippen LogP contribution is 2.19. The zero-order valence-electron chi connectivity index (χ0n) is 10.0. The molecule has 0 amide bonds. The van der Waals surface area contributed by atoms with Crippen LogP contribution in [0.1, 0.15) is 22.3 Å². The normalized spacial score (nSPS) is 10.4. The molecule has 19 heavy (non-hydrogen) atoms. The van der Waals surface area contributed by atoms with Gasteiger partial charge in [0.15, 0.2) is 0 Å². The fourth-order valence-corrected chi connectivity index (χ4v) is 1.36. The smallest absolute Gasteiger partial charge is 0.336 e. The lowest BCUT2D eigenvalue weighted by atomic mass is 10.1. The van der Waals surface area contributed by atoms with Crippen LogP contribution >= 0.6 is 0 Å². The number of aromatic carboxylic acids is 1. The molecular weight excluding hydrogens is 254 g/mol. The lowest BCUT2D eigenvalue weighted by Gasteiger charge is -2.01. The first kappa shape index (κ1) is 14.4. The summed E-state index contributed by atoms with van der Waals surface area (Å²) in [6.45, 7) is 0. The van der Waals surface area contributed by atoms with Crippen molar-refractivity contribution in [1.82, 2.24) is 0 Å². The Hall–Kier alpha value is -2.70. The van der Waals surface area contributed by atoms with E-state index in [-0.39, 0.29) is 23.2 Å². The van der Waals surface area contributed by atoms with Gasteiger partial charge in [0.1, 0.15) is 0 Å². The number of nitro groups is 1. The third-order valence-electron chi connectivity index (χ3n) is 2.29. The summed E-state index contributed by atoms with van der Waals surface area (Å²) in [5.74, 6) is -1.69. The van der Waals surface area contributed by atoms with Crippen LogP contribution < -0.4 is 0 Å². The monoisotopic (exact) mass is 265 g/mol. The van der Waals surface area contributed by atoms with Gasteiger partial charge in [-0.3, -0.25) is 14.9 Å². The van der Waals surface area contributed by atoms with Crippen molar-refractivity contribution in [2.45, 2.75) is 6.42 Å². The summed E-state index contributed by atoms with van der Waals surface area (Å²) in [4.78, 5) is 31.9. The van der Waals surface area contributed by atoms with Gasteiger partial charge in [-0.1, -0.05) is 12.2 Å². The molecule has 0 aliphatic rings. The molecule has 0 unspecified atom stereocenters. The molecule has 1 aromatic rings. The molecule has 0 bridgehead atoms. The molecule has 100 valence electrons. The summed E-state index contributed by atoms with van der Waals surface area (Å²) in [5.41, 5.74) is -0.139. The molecular formula is C12H11NO6. The van der Waals surface area contributed by atoms with E-state index in [2.05, 4.69) is 4.74 Å². The third kappa shape index (κ3) is 3.91. The average molecular weight is 265 g/mol. The molecule has 0 saturated carbocycles. The second-order valence-corrected chi connectivity index (χ2v) is 3.52. The number of non-ortho nitro benzene ring substituents is 1. The van der Waals surface area contributed by atoms with Gasteiger partial charge in [0, 0.05) is 12.1 Å². The number of benzene rings is 1. The van der Waals surface area contributed by atoms with Crippen LogP contribution in [0.2, 0.25) is 0 Å². The van der Waals surface area contributed by atoms with Crippen molar-refractivity contribution in [2.75, 3.05) is 7.11 Å². The molecule has 0 fully saturated rings. The second kappa shape index (κ2) is 6.29. The van der Waals surface area contributed by atoms with E-state index in [4.69, 9.17) is 5.11 Å². The first-order valence-corrected chi connectivity index (χ1v) is 5.20. The molecule has 0 heterocycles. The van der Waals surface area contributed by atoms with E-state index >= 15 is 0 Å². The van der Waals surface area contributed by atoms with Crippen molar-refractivity contribution in [3.8, 4) is 0 Å². The van der Waals surface area contributed by atoms with Crippen LogP contribution in [0.15, 0.2) is 24.3 Å². The maximum Gasteiger partial charge on any atom is 0.336 e. The Morgan fingerprint density at radius 3 is 2.68 bits per heavy atom. The Balaban J connectivity index is 3.07. The number of esters is 1. The van der Waals surface area contributed by atoms with E-state index in [1.54, 1.807) is 0 Å². The first-order valence-electron chi connectivity index (χ1n) is 5.20. The van der Waals surface area contributed by atoms with Crippen LogP contribution in [-0.2, 0) is 9.53 Å². The van der Waals surface area contributed by atoms with Crippen molar-refractivity contribution < 1.29 is 24.4 Å². The first-order chi connectivity index (χ1) is 8.95. The SMILES string of the molecule is COC(=O)CC=Cc1cc([N+](=O)[O-])ccc1C(=O)O. The largest absolute Gasteiger partial charge is 0.478 e. The van der Waals surface area contributed by atoms with Crippen molar-refractivity contribution >= 4 is 23.7 Å². The van der Waals surface area contributed by atoms with E-state index in [0.29, 0.717) is 0 Å². The molecule has 1 rings (SSSR count). The maximum absolute atomic E-state index is 11.0. The molecule has 0 aromatic heterocycles. The predicted molar refractivity (Wildman–Crippen MR) is 65.7 cm³/mol. The summed E-state index contributed by atoms with van der Waals surface area (Å²) < 4.78 is 4.41. The van der Waals surface area contributed by atoms with Crippen molar-refractivity contribution in [2.24, 2.45) is 0 Å². The number of nitro benzene ring substituents is 1. The zero-order chi connectivity index (χ0) is 14.4. The van der Waals surface area contributed by atoms with E-state index in [0.717, 1.165) is 18.2 Å². The molecule has 1 N–H and O–H groups in total. The third-order valence-corrected chi connectivity index (χ3v) is 2.29. The molecule has 0 spiro atoms. The topological polar surface area (TPSA) is 107 Å². The summed E-state index contributed by atoms with van der Waals surface area (Å²) >= 11 is 0.